The number of halogens is 1. The predicted molar refractivity (Wildman–Crippen MR) is 78.7 cm³/mol. The van der Waals surface area contributed by atoms with Crippen LogP contribution in [0.1, 0.15) is 19.3 Å². The summed E-state index contributed by atoms with van der Waals surface area (Å²) >= 11 is 0. The fourth-order valence-corrected chi connectivity index (χ4v) is 2.63. The van der Waals surface area contributed by atoms with Gasteiger partial charge in [-0.15, -0.1) is 0 Å². The molecule has 1 saturated heterocycles. The van der Waals surface area contributed by atoms with Crippen LogP contribution in [0.2, 0.25) is 0 Å². The van der Waals surface area contributed by atoms with E-state index in [1.54, 1.807) is 7.05 Å². The number of nitrogens with zero attached hydrogens (tertiary/aromatic N) is 4. The van der Waals surface area contributed by atoms with E-state index >= 15 is 0 Å². The van der Waals surface area contributed by atoms with Crippen LogP contribution in [0.25, 0.3) is 11.3 Å². The Morgan fingerprint density at radius 1 is 1.24 bits per heavy atom. The number of hydrogen-bond acceptors (Lipinski definition) is 4. The third-order valence-corrected chi connectivity index (χ3v) is 3.80. The first-order chi connectivity index (χ1) is 10.2. The van der Waals surface area contributed by atoms with Crippen molar-refractivity contribution in [3.8, 4) is 11.3 Å². The highest BCUT2D eigenvalue weighted by molar-refractivity contribution is 5.60. The summed E-state index contributed by atoms with van der Waals surface area (Å²) in [5, 5.41) is 0. The number of rotatable bonds is 2. The highest BCUT2D eigenvalue weighted by Crippen LogP contribution is 2.22. The fourth-order valence-electron chi connectivity index (χ4n) is 2.63. The van der Waals surface area contributed by atoms with Gasteiger partial charge in [-0.1, -0.05) is 0 Å². The molecule has 0 radical (unpaired) electrons. The maximum atomic E-state index is 13.9. The van der Waals surface area contributed by atoms with Gasteiger partial charge in [0.15, 0.2) is 5.82 Å². The van der Waals surface area contributed by atoms with E-state index in [0.717, 1.165) is 32.1 Å². The molecule has 5 nitrogen and oxygen atoms in total. The van der Waals surface area contributed by atoms with E-state index in [-0.39, 0.29) is 5.56 Å². The van der Waals surface area contributed by atoms with Crippen LogP contribution in [0.5, 0.6) is 0 Å². The highest BCUT2D eigenvalue weighted by Gasteiger charge is 2.18. The quantitative estimate of drug-likeness (QED) is 0.848. The number of hydrogen-bond donors (Lipinski definition) is 0. The highest BCUT2D eigenvalue weighted by atomic mass is 19.1. The average molecular weight is 288 g/mol. The van der Waals surface area contributed by atoms with Crippen molar-refractivity contribution in [3.63, 3.8) is 0 Å². The molecule has 0 saturated carbocycles. The molecule has 110 valence electrons. The van der Waals surface area contributed by atoms with Gasteiger partial charge in [-0.3, -0.25) is 14.3 Å². The zero-order chi connectivity index (χ0) is 14.8. The van der Waals surface area contributed by atoms with Crippen molar-refractivity contribution < 1.29 is 4.39 Å². The summed E-state index contributed by atoms with van der Waals surface area (Å²) in [4.78, 5) is 22.5. The molecule has 1 aliphatic heterocycles. The minimum absolute atomic E-state index is 0.184. The van der Waals surface area contributed by atoms with E-state index in [0.29, 0.717) is 17.2 Å². The number of piperidine rings is 1. The minimum Gasteiger partial charge on any atom is -0.342 e. The molecule has 0 aromatic carbocycles. The van der Waals surface area contributed by atoms with Crippen molar-refractivity contribution in [2.75, 3.05) is 18.0 Å². The summed E-state index contributed by atoms with van der Waals surface area (Å²) in [5.41, 5.74) is 0.483. The second-order valence-electron chi connectivity index (χ2n) is 5.24. The second kappa shape index (κ2) is 5.63. The Balaban J connectivity index is 2.09. The minimum atomic E-state index is -0.470. The van der Waals surface area contributed by atoms with Crippen molar-refractivity contribution in [1.82, 2.24) is 14.5 Å². The van der Waals surface area contributed by atoms with Crippen molar-refractivity contribution in [1.29, 1.82) is 0 Å². The van der Waals surface area contributed by atoms with Gasteiger partial charge in [0.25, 0.3) is 5.56 Å². The smallest absolute Gasteiger partial charge is 0.255 e. The molecule has 2 aromatic heterocycles. The van der Waals surface area contributed by atoms with Gasteiger partial charge in [0, 0.05) is 38.0 Å². The van der Waals surface area contributed by atoms with Crippen molar-refractivity contribution in [3.05, 3.63) is 40.7 Å². The Hall–Kier alpha value is -2.24. The van der Waals surface area contributed by atoms with Gasteiger partial charge in [-0.2, -0.15) is 0 Å². The van der Waals surface area contributed by atoms with Gasteiger partial charge in [0.1, 0.15) is 0 Å². The van der Waals surface area contributed by atoms with Crippen LogP contribution in [0.3, 0.4) is 0 Å². The van der Waals surface area contributed by atoms with Gasteiger partial charge < -0.3 is 4.90 Å². The monoisotopic (exact) mass is 288 g/mol. The Bertz CT molecular complexity index is 707. The molecule has 6 heteroatoms. The molecule has 1 aliphatic rings. The van der Waals surface area contributed by atoms with Crippen molar-refractivity contribution in [2.45, 2.75) is 19.3 Å². The van der Waals surface area contributed by atoms with Gasteiger partial charge in [0.05, 0.1) is 11.9 Å². The molecule has 2 aromatic rings. The van der Waals surface area contributed by atoms with Gasteiger partial charge in [-0.25, -0.2) is 9.37 Å². The lowest BCUT2D eigenvalue weighted by Crippen LogP contribution is -2.35. The van der Waals surface area contributed by atoms with Gasteiger partial charge >= 0.3 is 0 Å². The summed E-state index contributed by atoms with van der Waals surface area (Å²) in [5.74, 6) is 0.135. The molecule has 0 unspecified atom stereocenters. The van der Waals surface area contributed by atoms with E-state index in [9.17, 15) is 9.18 Å². The molecular weight excluding hydrogens is 271 g/mol. The lowest BCUT2D eigenvalue weighted by molar-refractivity contribution is 0.557. The molecule has 0 bridgehead atoms. The Morgan fingerprint density at radius 3 is 2.71 bits per heavy atom. The normalized spacial score (nSPS) is 15.2. The first kappa shape index (κ1) is 13.7. The Kier molecular flexibility index (Phi) is 3.68. The molecule has 0 spiro atoms. The van der Waals surface area contributed by atoms with Crippen LogP contribution in [0.15, 0.2) is 29.3 Å². The lowest BCUT2D eigenvalue weighted by Gasteiger charge is -2.29. The zero-order valence-electron chi connectivity index (χ0n) is 11.9. The van der Waals surface area contributed by atoms with E-state index in [2.05, 4.69) is 14.9 Å². The van der Waals surface area contributed by atoms with E-state index in [1.165, 1.54) is 29.3 Å². The Labute approximate surface area is 122 Å². The summed E-state index contributed by atoms with van der Waals surface area (Å²) in [7, 11) is 1.70. The molecular formula is C15H17FN4O. The van der Waals surface area contributed by atoms with Crippen LogP contribution >= 0.6 is 0 Å². The maximum absolute atomic E-state index is 13.9. The SMILES string of the molecule is Cn1c(N2CCCCC2)nc(-c2ccncc2F)cc1=O. The summed E-state index contributed by atoms with van der Waals surface area (Å²) in [6, 6.07) is 2.91. The van der Waals surface area contributed by atoms with E-state index in [4.69, 9.17) is 0 Å². The summed E-state index contributed by atoms with van der Waals surface area (Å²) < 4.78 is 15.4. The molecule has 0 atom stereocenters. The van der Waals surface area contributed by atoms with E-state index < -0.39 is 5.82 Å². The number of anilines is 1. The number of aromatic nitrogens is 3. The fraction of sp³-hybridized carbons (Fsp3) is 0.400. The standard InChI is InChI=1S/C15H17FN4O/c1-19-14(21)9-13(11-5-6-17-10-12(11)16)18-15(19)20-7-3-2-4-8-20/h5-6,9-10H,2-4,7-8H2,1H3. The van der Waals surface area contributed by atoms with Gasteiger partial charge in [-0.05, 0) is 25.3 Å². The molecule has 0 aliphatic carbocycles. The molecule has 0 N–H and O–H groups in total. The second-order valence-corrected chi connectivity index (χ2v) is 5.24. The van der Waals surface area contributed by atoms with Crippen molar-refractivity contribution >= 4 is 5.95 Å². The zero-order valence-corrected chi connectivity index (χ0v) is 11.9. The number of pyridine rings is 1. The van der Waals surface area contributed by atoms with Crippen LogP contribution in [0, 0.1) is 5.82 Å². The van der Waals surface area contributed by atoms with Crippen LogP contribution in [-0.2, 0) is 7.05 Å². The van der Waals surface area contributed by atoms with Crippen LogP contribution < -0.4 is 10.5 Å². The predicted octanol–water partition coefficient (Wildman–Crippen LogP) is 1.97. The summed E-state index contributed by atoms with van der Waals surface area (Å²) in [6.45, 7) is 1.76. The van der Waals surface area contributed by atoms with Crippen LogP contribution in [-0.4, -0.2) is 27.6 Å². The summed E-state index contributed by atoms with van der Waals surface area (Å²) in [6.07, 6.45) is 6.00. The first-order valence-corrected chi connectivity index (χ1v) is 7.10. The molecule has 21 heavy (non-hydrogen) atoms. The van der Waals surface area contributed by atoms with Crippen LogP contribution in [0.4, 0.5) is 10.3 Å². The average Bonchev–Trinajstić information content (AvgIpc) is 2.51. The van der Waals surface area contributed by atoms with E-state index in [1.807, 2.05) is 0 Å². The Morgan fingerprint density at radius 2 is 2.00 bits per heavy atom. The van der Waals surface area contributed by atoms with Crippen molar-refractivity contribution in [2.24, 2.45) is 7.05 Å². The maximum Gasteiger partial charge on any atom is 0.255 e. The largest absolute Gasteiger partial charge is 0.342 e. The molecule has 3 heterocycles. The third-order valence-electron chi connectivity index (χ3n) is 3.80. The first-order valence-electron chi connectivity index (χ1n) is 7.10. The molecule has 3 rings (SSSR count). The molecule has 1 fully saturated rings. The third kappa shape index (κ3) is 2.66. The topological polar surface area (TPSA) is 51.0 Å². The molecule has 0 amide bonds. The van der Waals surface area contributed by atoms with Gasteiger partial charge in [0.2, 0.25) is 5.95 Å². The lowest BCUT2D eigenvalue weighted by atomic mass is 10.1.